The van der Waals surface area contributed by atoms with E-state index in [4.69, 9.17) is 16.3 Å². The van der Waals surface area contributed by atoms with Gasteiger partial charge in [0.15, 0.2) is 9.84 Å². The zero-order chi connectivity index (χ0) is 10.9. The van der Waals surface area contributed by atoms with Crippen molar-refractivity contribution in [2.24, 2.45) is 0 Å². The summed E-state index contributed by atoms with van der Waals surface area (Å²) in [6.45, 7) is 1.80. The van der Waals surface area contributed by atoms with Gasteiger partial charge in [-0.25, -0.2) is 8.42 Å². The van der Waals surface area contributed by atoms with Crippen LogP contribution in [0.5, 0.6) is 5.75 Å². The maximum Gasteiger partial charge on any atom is 0.177 e. The first-order valence-electron chi connectivity index (χ1n) is 3.90. The van der Waals surface area contributed by atoms with Crippen molar-refractivity contribution < 1.29 is 13.2 Å². The number of hydrogen-bond donors (Lipinski definition) is 0. The third-order valence-electron chi connectivity index (χ3n) is 1.85. The van der Waals surface area contributed by atoms with E-state index < -0.39 is 9.84 Å². The molecule has 0 atom stereocenters. The average Bonchev–Trinajstić information content (AvgIpc) is 2.02. The Hall–Kier alpha value is -0.740. The smallest absolute Gasteiger partial charge is 0.177 e. The van der Waals surface area contributed by atoms with E-state index in [1.165, 1.54) is 13.2 Å². The summed E-state index contributed by atoms with van der Waals surface area (Å²) in [5.74, 6) is 0.523. The topological polar surface area (TPSA) is 43.4 Å². The standard InChI is InChI=1S/C9H11ClO3S/c1-6-4-7(10)9(14(3,11)12)5-8(6)13-2/h4-5H,1-3H3. The molecule has 0 radical (unpaired) electrons. The quantitative estimate of drug-likeness (QED) is 0.787. The van der Waals surface area contributed by atoms with Crippen LogP contribution in [-0.4, -0.2) is 21.8 Å². The van der Waals surface area contributed by atoms with E-state index in [-0.39, 0.29) is 9.92 Å². The Morgan fingerprint density at radius 2 is 1.93 bits per heavy atom. The third-order valence-corrected chi connectivity index (χ3v) is 3.41. The molecule has 14 heavy (non-hydrogen) atoms. The number of hydrogen-bond acceptors (Lipinski definition) is 3. The highest BCUT2D eigenvalue weighted by molar-refractivity contribution is 7.90. The van der Waals surface area contributed by atoms with Gasteiger partial charge in [-0.3, -0.25) is 0 Å². The fourth-order valence-electron chi connectivity index (χ4n) is 1.14. The molecule has 0 aromatic heterocycles. The van der Waals surface area contributed by atoms with Gasteiger partial charge in [0.25, 0.3) is 0 Å². The van der Waals surface area contributed by atoms with Crippen molar-refractivity contribution in [1.29, 1.82) is 0 Å². The molecule has 0 fully saturated rings. The summed E-state index contributed by atoms with van der Waals surface area (Å²) < 4.78 is 27.6. The fourth-order valence-corrected chi connectivity index (χ4v) is 2.51. The molecule has 0 unspecified atom stereocenters. The van der Waals surface area contributed by atoms with Crippen molar-refractivity contribution in [3.8, 4) is 5.75 Å². The molecule has 5 heteroatoms. The van der Waals surface area contributed by atoms with Crippen LogP contribution in [0.3, 0.4) is 0 Å². The van der Waals surface area contributed by atoms with Crippen LogP contribution < -0.4 is 4.74 Å². The molecule has 0 aliphatic heterocycles. The zero-order valence-corrected chi connectivity index (χ0v) is 9.74. The van der Waals surface area contributed by atoms with E-state index in [2.05, 4.69) is 0 Å². The maximum absolute atomic E-state index is 11.3. The van der Waals surface area contributed by atoms with Gasteiger partial charge < -0.3 is 4.74 Å². The second kappa shape index (κ2) is 3.79. The van der Waals surface area contributed by atoms with Crippen molar-refractivity contribution in [2.45, 2.75) is 11.8 Å². The summed E-state index contributed by atoms with van der Waals surface area (Å²) in [7, 11) is -1.81. The highest BCUT2D eigenvalue weighted by atomic mass is 35.5. The molecule has 0 saturated carbocycles. The molecule has 0 bridgehead atoms. The van der Waals surface area contributed by atoms with Crippen LogP contribution in [0.4, 0.5) is 0 Å². The lowest BCUT2D eigenvalue weighted by Gasteiger charge is -2.08. The van der Waals surface area contributed by atoms with Crippen LogP contribution in [-0.2, 0) is 9.84 Å². The van der Waals surface area contributed by atoms with Gasteiger partial charge in [0.1, 0.15) is 5.75 Å². The van der Waals surface area contributed by atoms with E-state index in [0.717, 1.165) is 11.8 Å². The number of rotatable bonds is 2. The summed E-state index contributed by atoms with van der Waals surface area (Å²) in [6, 6.07) is 3.02. The first kappa shape index (κ1) is 11.3. The Balaban J connectivity index is 3.47. The molecular weight excluding hydrogens is 224 g/mol. The Labute approximate surface area is 88.6 Å². The number of ether oxygens (including phenoxy) is 1. The maximum atomic E-state index is 11.3. The minimum absolute atomic E-state index is 0.0987. The summed E-state index contributed by atoms with van der Waals surface area (Å²) >= 11 is 5.81. The van der Waals surface area contributed by atoms with E-state index in [0.29, 0.717) is 5.75 Å². The van der Waals surface area contributed by atoms with Crippen LogP contribution >= 0.6 is 11.6 Å². The third kappa shape index (κ3) is 2.19. The highest BCUT2D eigenvalue weighted by Crippen LogP contribution is 2.29. The van der Waals surface area contributed by atoms with Crippen molar-refractivity contribution in [3.05, 3.63) is 22.7 Å². The predicted molar refractivity (Wildman–Crippen MR) is 55.9 cm³/mol. The molecule has 1 aromatic rings. The largest absolute Gasteiger partial charge is 0.496 e. The summed E-state index contributed by atoms with van der Waals surface area (Å²) in [6.07, 6.45) is 1.11. The van der Waals surface area contributed by atoms with Gasteiger partial charge in [-0.15, -0.1) is 0 Å². The van der Waals surface area contributed by atoms with Gasteiger partial charge in [-0.1, -0.05) is 11.6 Å². The van der Waals surface area contributed by atoms with Gasteiger partial charge in [0.2, 0.25) is 0 Å². The van der Waals surface area contributed by atoms with Crippen molar-refractivity contribution in [2.75, 3.05) is 13.4 Å². The lowest BCUT2D eigenvalue weighted by atomic mass is 10.2. The molecule has 3 nitrogen and oxygen atoms in total. The van der Waals surface area contributed by atoms with Crippen LogP contribution in [0.1, 0.15) is 5.56 Å². The molecule has 0 aliphatic carbocycles. The van der Waals surface area contributed by atoms with E-state index in [1.807, 2.05) is 0 Å². The highest BCUT2D eigenvalue weighted by Gasteiger charge is 2.14. The molecule has 0 aliphatic rings. The van der Waals surface area contributed by atoms with Crippen LogP contribution in [0.25, 0.3) is 0 Å². The average molecular weight is 235 g/mol. The minimum Gasteiger partial charge on any atom is -0.496 e. The number of benzene rings is 1. The SMILES string of the molecule is COc1cc(S(C)(=O)=O)c(Cl)cc1C. The van der Waals surface area contributed by atoms with Crippen LogP contribution in [0.2, 0.25) is 5.02 Å². The van der Waals surface area contributed by atoms with E-state index in [9.17, 15) is 8.42 Å². The Morgan fingerprint density at radius 3 is 2.36 bits per heavy atom. The molecule has 0 amide bonds. The zero-order valence-electron chi connectivity index (χ0n) is 8.17. The number of sulfone groups is 1. The predicted octanol–water partition coefficient (Wildman–Crippen LogP) is 2.06. The molecule has 78 valence electrons. The second-order valence-corrected chi connectivity index (χ2v) is 5.42. The van der Waals surface area contributed by atoms with Gasteiger partial charge >= 0.3 is 0 Å². The minimum atomic E-state index is -3.29. The molecule has 1 aromatic carbocycles. The second-order valence-electron chi connectivity index (χ2n) is 3.02. The molecule has 0 heterocycles. The Morgan fingerprint density at radius 1 is 1.36 bits per heavy atom. The van der Waals surface area contributed by atoms with Gasteiger partial charge in [0.05, 0.1) is 17.0 Å². The summed E-state index contributed by atoms with van der Waals surface area (Å²) in [5, 5.41) is 0.228. The molecule has 0 saturated heterocycles. The first-order valence-corrected chi connectivity index (χ1v) is 6.17. The van der Waals surface area contributed by atoms with E-state index >= 15 is 0 Å². The van der Waals surface area contributed by atoms with Crippen molar-refractivity contribution in [1.82, 2.24) is 0 Å². The lowest BCUT2D eigenvalue weighted by molar-refractivity contribution is 0.410. The number of halogens is 1. The fraction of sp³-hybridized carbons (Fsp3) is 0.333. The molecule has 0 spiro atoms. The first-order chi connectivity index (χ1) is 6.36. The number of aryl methyl sites for hydroxylation is 1. The summed E-state index contributed by atoms with van der Waals surface area (Å²) in [4.78, 5) is 0.0987. The lowest BCUT2D eigenvalue weighted by Crippen LogP contribution is -2.00. The van der Waals surface area contributed by atoms with Crippen molar-refractivity contribution in [3.63, 3.8) is 0 Å². The Bertz CT molecular complexity index is 451. The monoisotopic (exact) mass is 234 g/mol. The molecule has 0 N–H and O–H groups in total. The summed E-state index contributed by atoms with van der Waals surface area (Å²) in [5.41, 5.74) is 0.810. The van der Waals surface area contributed by atoms with E-state index in [1.54, 1.807) is 13.0 Å². The Kier molecular flexibility index (Phi) is 3.07. The normalized spacial score (nSPS) is 11.4. The van der Waals surface area contributed by atoms with Crippen molar-refractivity contribution >= 4 is 21.4 Å². The molecule has 1 rings (SSSR count). The van der Waals surface area contributed by atoms with Crippen LogP contribution in [0, 0.1) is 6.92 Å². The van der Waals surface area contributed by atoms with Crippen LogP contribution in [0.15, 0.2) is 17.0 Å². The van der Waals surface area contributed by atoms with Gasteiger partial charge in [-0.05, 0) is 18.6 Å². The van der Waals surface area contributed by atoms with Gasteiger partial charge in [0, 0.05) is 12.3 Å². The molecular formula is C9H11ClO3S. The van der Waals surface area contributed by atoms with Gasteiger partial charge in [-0.2, -0.15) is 0 Å². The number of methoxy groups -OCH3 is 1.